The van der Waals surface area contributed by atoms with Crippen molar-refractivity contribution in [2.45, 2.75) is 19.9 Å². The van der Waals surface area contributed by atoms with Crippen LogP contribution in [0.4, 0.5) is 11.4 Å². The molecule has 0 spiro atoms. The minimum atomic E-state index is -0.392. The van der Waals surface area contributed by atoms with Crippen LogP contribution >= 0.6 is 11.6 Å². The van der Waals surface area contributed by atoms with E-state index in [0.29, 0.717) is 18.8 Å². The monoisotopic (exact) mass is 318 g/mol. The van der Waals surface area contributed by atoms with Crippen LogP contribution in [0.1, 0.15) is 18.1 Å². The summed E-state index contributed by atoms with van der Waals surface area (Å²) in [5, 5.41) is 9.14. The average Bonchev–Trinajstić information content (AvgIpc) is 2.49. The number of amides is 1. The molecule has 0 fully saturated rings. The van der Waals surface area contributed by atoms with Crippen LogP contribution in [0, 0.1) is 0 Å². The van der Waals surface area contributed by atoms with Gasteiger partial charge in [-0.1, -0.05) is 23.7 Å². The number of H-pyrrole nitrogens is 1. The first-order valence-corrected chi connectivity index (χ1v) is 7.30. The largest absolute Gasteiger partial charge is 0.364 e. The Bertz CT molecular complexity index is 787. The lowest BCUT2D eigenvalue weighted by molar-refractivity contribution is -0.114. The first-order valence-electron chi connectivity index (χ1n) is 6.92. The Morgan fingerprint density at radius 2 is 2.27 bits per heavy atom. The van der Waals surface area contributed by atoms with Crippen LogP contribution in [0.3, 0.4) is 0 Å². The molecular weight excluding hydrogens is 304 g/mol. The van der Waals surface area contributed by atoms with Gasteiger partial charge in [-0.05, 0) is 23.6 Å². The first kappa shape index (κ1) is 14.6. The maximum absolute atomic E-state index is 11.6. The van der Waals surface area contributed by atoms with Crippen molar-refractivity contribution < 1.29 is 4.79 Å². The highest BCUT2D eigenvalue weighted by molar-refractivity contribution is 6.33. The zero-order chi connectivity index (χ0) is 15.7. The van der Waals surface area contributed by atoms with Crippen LogP contribution < -0.4 is 15.8 Å². The lowest BCUT2D eigenvalue weighted by atomic mass is 9.97. The van der Waals surface area contributed by atoms with Crippen molar-refractivity contribution in [1.29, 1.82) is 0 Å². The number of rotatable bonds is 2. The summed E-state index contributed by atoms with van der Waals surface area (Å²) in [6, 6.07) is 5.82. The molecule has 2 aromatic rings. The van der Waals surface area contributed by atoms with Crippen molar-refractivity contribution in [2.24, 2.45) is 0 Å². The summed E-state index contributed by atoms with van der Waals surface area (Å²) in [7, 11) is 0. The number of anilines is 2. The highest BCUT2D eigenvalue weighted by Crippen LogP contribution is 2.30. The summed E-state index contributed by atoms with van der Waals surface area (Å²) in [5.41, 5.74) is 3.31. The molecule has 1 aliphatic rings. The summed E-state index contributed by atoms with van der Waals surface area (Å²) in [5.74, 6) is -0.0855. The Labute approximate surface area is 132 Å². The third-order valence-corrected chi connectivity index (χ3v) is 4.06. The summed E-state index contributed by atoms with van der Waals surface area (Å²) in [6.07, 6.45) is 2.32. The minimum absolute atomic E-state index is 0.0855. The third kappa shape index (κ3) is 2.69. The van der Waals surface area contributed by atoms with Crippen LogP contribution in [0.25, 0.3) is 0 Å². The average molecular weight is 319 g/mol. The summed E-state index contributed by atoms with van der Waals surface area (Å²) in [4.78, 5) is 24.9. The lowest BCUT2D eigenvalue weighted by Crippen LogP contribution is -2.32. The smallest absolute Gasteiger partial charge is 0.285 e. The number of hydrogen-bond acceptors (Lipinski definition) is 4. The van der Waals surface area contributed by atoms with E-state index < -0.39 is 5.56 Å². The van der Waals surface area contributed by atoms with Gasteiger partial charge in [0, 0.05) is 25.7 Å². The molecule has 2 N–H and O–H groups in total. The molecule has 0 radical (unpaired) electrons. The van der Waals surface area contributed by atoms with Crippen LogP contribution in [0.5, 0.6) is 0 Å². The van der Waals surface area contributed by atoms with E-state index in [-0.39, 0.29) is 10.9 Å². The van der Waals surface area contributed by atoms with Gasteiger partial charge in [0.1, 0.15) is 5.02 Å². The van der Waals surface area contributed by atoms with Gasteiger partial charge in [0.2, 0.25) is 5.91 Å². The minimum Gasteiger partial charge on any atom is -0.364 e. The molecule has 6 nitrogen and oxygen atoms in total. The van der Waals surface area contributed by atoms with Gasteiger partial charge < -0.3 is 10.2 Å². The number of carbonyl (C=O) groups is 1. The molecule has 114 valence electrons. The van der Waals surface area contributed by atoms with Gasteiger partial charge in [0.15, 0.2) is 0 Å². The molecular formula is C15H15ClN4O2. The van der Waals surface area contributed by atoms with Crippen LogP contribution in [-0.4, -0.2) is 22.6 Å². The molecule has 0 saturated carbocycles. The molecule has 0 atom stereocenters. The van der Waals surface area contributed by atoms with E-state index in [4.69, 9.17) is 11.6 Å². The van der Waals surface area contributed by atoms with Crippen LogP contribution in [-0.2, 0) is 17.8 Å². The normalized spacial score (nSPS) is 13.6. The number of nitrogens with zero attached hydrogens (tertiary/aromatic N) is 2. The van der Waals surface area contributed by atoms with Crippen LogP contribution in [0.15, 0.2) is 29.2 Å². The second-order valence-corrected chi connectivity index (χ2v) is 5.57. The van der Waals surface area contributed by atoms with Crippen molar-refractivity contribution in [1.82, 2.24) is 10.2 Å². The standard InChI is InChI=1S/C15H15ClN4O2/c1-9(21)18-12-4-2-3-10-8-20(6-5-11(10)12)13-7-17-19-15(22)14(13)16/h2-4,7H,5-6,8H2,1H3,(H,18,21)(H,19,22). The fourth-order valence-corrected chi connectivity index (χ4v) is 2.93. The van der Waals surface area contributed by atoms with Gasteiger partial charge >= 0.3 is 0 Å². The van der Waals surface area contributed by atoms with Crippen molar-refractivity contribution in [3.05, 3.63) is 50.9 Å². The maximum Gasteiger partial charge on any atom is 0.285 e. The number of carbonyl (C=O) groups excluding carboxylic acids is 1. The molecule has 22 heavy (non-hydrogen) atoms. The SMILES string of the molecule is CC(=O)Nc1cccc2c1CCN(c1cn[nH]c(=O)c1Cl)C2. The quantitative estimate of drug-likeness (QED) is 0.887. The zero-order valence-electron chi connectivity index (χ0n) is 12.0. The van der Waals surface area contributed by atoms with E-state index in [2.05, 4.69) is 15.5 Å². The Kier molecular flexibility index (Phi) is 3.85. The molecule has 0 aliphatic carbocycles. The number of aromatic amines is 1. The number of nitrogens with one attached hydrogen (secondary N) is 2. The first-order chi connectivity index (χ1) is 10.6. The molecule has 7 heteroatoms. The predicted molar refractivity (Wildman–Crippen MR) is 85.4 cm³/mol. The summed E-state index contributed by atoms with van der Waals surface area (Å²) < 4.78 is 0. The topological polar surface area (TPSA) is 78.1 Å². The maximum atomic E-state index is 11.6. The number of fused-ring (bicyclic) bond motifs is 1. The molecule has 0 unspecified atom stereocenters. The van der Waals surface area contributed by atoms with E-state index in [0.717, 1.165) is 23.2 Å². The second kappa shape index (κ2) is 5.81. The lowest BCUT2D eigenvalue weighted by Gasteiger charge is -2.31. The Balaban J connectivity index is 1.93. The number of halogens is 1. The van der Waals surface area contributed by atoms with E-state index in [1.165, 1.54) is 6.92 Å². The van der Waals surface area contributed by atoms with Gasteiger partial charge in [-0.15, -0.1) is 0 Å². The van der Waals surface area contributed by atoms with Crippen molar-refractivity contribution in [3.63, 3.8) is 0 Å². The van der Waals surface area contributed by atoms with Crippen molar-refractivity contribution in [3.8, 4) is 0 Å². The Morgan fingerprint density at radius 3 is 3.05 bits per heavy atom. The van der Waals surface area contributed by atoms with Gasteiger partial charge in [0.05, 0.1) is 11.9 Å². The molecule has 0 bridgehead atoms. The van der Waals surface area contributed by atoms with Gasteiger partial charge in [-0.3, -0.25) is 9.59 Å². The number of hydrogen-bond donors (Lipinski definition) is 2. The number of benzene rings is 1. The van der Waals surface area contributed by atoms with E-state index >= 15 is 0 Å². The fourth-order valence-electron chi connectivity index (χ4n) is 2.72. The predicted octanol–water partition coefficient (Wildman–Crippen LogP) is 1.94. The molecule has 1 aliphatic heterocycles. The van der Waals surface area contributed by atoms with Crippen molar-refractivity contribution in [2.75, 3.05) is 16.8 Å². The molecule has 1 aromatic heterocycles. The fraction of sp³-hybridized carbons (Fsp3) is 0.267. The van der Waals surface area contributed by atoms with Crippen LogP contribution in [0.2, 0.25) is 5.02 Å². The summed E-state index contributed by atoms with van der Waals surface area (Å²) in [6.45, 7) is 2.82. The third-order valence-electron chi connectivity index (χ3n) is 3.69. The van der Waals surface area contributed by atoms with Gasteiger partial charge in [-0.2, -0.15) is 5.10 Å². The molecule has 1 amide bonds. The molecule has 1 aromatic carbocycles. The summed E-state index contributed by atoms with van der Waals surface area (Å²) >= 11 is 6.07. The Morgan fingerprint density at radius 1 is 1.45 bits per heavy atom. The molecule has 0 saturated heterocycles. The Hall–Kier alpha value is -2.34. The van der Waals surface area contributed by atoms with E-state index in [1.807, 2.05) is 23.1 Å². The van der Waals surface area contributed by atoms with E-state index in [9.17, 15) is 9.59 Å². The highest BCUT2D eigenvalue weighted by Gasteiger charge is 2.21. The second-order valence-electron chi connectivity index (χ2n) is 5.19. The number of aromatic nitrogens is 2. The van der Waals surface area contributed by atoms with Gasteiger partial charge in [0.25, 0.3) is 5.56 Å². The van der Waals surface area contributed by atoms with Crippen molar-refractivity contribution >= 4 is 28.9 Å². The molecule has 2 heterocycles. The molecule has 3 rings (SSSR count). The highest BCUT2D eigenvalue weighted by atomic mass is 35.5. The zero-order valence-corrected chi connectivity index (χ0v) is 12.8. The van der Waals surface area contributed by atoms with E-state index in [1.54, 1.807) is 6.20 Å². The van der Waals surface area contributed by atoms with Gasteiger partial charge in [-0.25, -0.2) is 5.10 Å².